The van der Waals surface area contributed by atoms with Crippen molar-refractivity contribution in [1.29, 1.82) is 0 Å². The second-order valence-electron chi connectivity index (χ2n) is 4.82. The molecular weight excluding hydrogens is 214 g/mol. The molecule has 1 aliphatic rings. The largest absolute Gasteiger partial charge is 0.399 e. The zero-order valence-electron chi connectivity index (χ0n) is 10.3. The summed E-state index contributed by atoms with van der Waals surface area (Å²) in [6.07, 6.45) is 1.93. The van der Waals surface area contributed by atoms with E-state index in [1.165, 1.54) is 11.1 Å². The van der Waals surface area contributed by atoms with E-state index in [1.807, 2.05) is 32.0 Å². The molecule has 0 aliphatic heterocycles. The van der Waals surface area contributed by atoms with Gasteiger partial charge in [0.2, 0.25) is 0 Å². The summed E-state index contributed by atoms with van der Waals surface area (Å²) >= 11 is 0. The van der Waals surface area contributed by atoms with Crippen molar-refractivity contribution in [2.24, 2.45) is 0 Å². The number of nitrogens with one attached hydrogen (secondary N) is 2. The second-order valence-corrected chi connectivity index (χ2v) is 4.82. The summed E-state index contributed by atoms with van der Waals surface area (Å²) in [4.78, 5) is 11.6. The second kappa shape index (κ2) is 4.65. The van der Waals surface area contributed by atoms with Gasteiger partial charge in [0.25, 0.3) is 0 Å². The smallest absolute Gasteiger partial charge is 0.315 e. The standard InChI is InChI=1S/C13H19N3O/c1-8(2)15-13(17)16-12-6-3-9-7-10(14)4-5-11(9)12/h4-5,7-8,12H,3,6,14H2,1-2H3,(H2,15,16,17). The molecule has 2 rings (SSSR count). The Balaban J connectivity index is 2.05. The quantitative estimate of drug-likeness (QED) is 0.684. The van der Waals surface area contributed by atoms with E-state index in [0.717, 1.165) is 18.5 Å². The molecule has 0 aromatic heterocycles. The molecule has 0 bridgehead atoms. The zero-order valence-corrected chi connectivity index (χ0v) is 10.3. The predicted octanol–water partition coefficient (Wildman–Crippen LogP) is 1.96. The number of benzene rings is 1. The lowest BCUT2D eigenvalue weighted by Crippen LogP contribution is -2.40. The Hall–Kier alpha value is -1.71. The molecule has 0 radical (unpaired) electrons. The first kappa shape index (κ1) is 11.8. The van der Waals surface area contributed by atoms with Gasteiger partial charge in [-0.2, -0.15) is 0 Å². The summed E-state index contributed by atoms with van der Waals surface area (Å²) in [6, 6.07) is 6.07. The van der Waals surface area contributed by atoms with Crippen molar-refractivity contribution in [1.82, 2.24) is 10.6 Å². The van der Waals surface area contributed by atoms with Crippen LogP contribution in [0.3, 0.4) is 0 Å². The number of rotatable bonds is 2. The van der Waals surface area contributed by atoms with Crippen LogP contribution in [0.5, 0.6) is 0 Å². The number of anilines is 1. The van der Waals surface area contributed by atoms with Crippen LogP contribution < -0.4 is 16.4 Å². The SMILES string of the molecule is CC(C)NC(=O)NC1CCc2cc(N)ccc21. The summed E-state index contributed by atoms with van der Waals surface area (Å²) in [5, 5.41) is 5.83. The van der Waals surface area contributed by atoms with Crippen molar-refractivity contribution < 1.29 is 4.79 Å². The number of carbonyl (C=O) groups is 1. The van der Waals surface area contributed by atoms with Gasteiger partial charge in [0, 0.05) is 11.7 Å². The van der Waals surface area contributed by atoms with Gasteiger partial charge in [0.05, 0.1) is 6.04 Å². The van der Waals surface area contributed by atoms with Gasteiger partial charge in [-0.3, -0.25) is 0 Å². The first-order valence-electron chi connectivity index (χ1n) is 6.01. The summed E-state index contributed by atoms with van der Waals surface area (Å²) in [5.74, 6) is 0. The molecule has 0 saturated carbocycles. The van der Waals surface area contributed by atoms with Crippen molar-refractivity contribution in [3.05, 3.63) is 29.3 Å². The third-order valence-corrected chi connectivity index (χ3v) is 2.97. The lowest BCUT2D eigenvalue weighted by molar-refractivity contribution is 0.234. The number of amides is 2. The fourth-order valence-electron chi connectivity index (χ4n) is 2.25. The summed E-state index contributed by atoms with van der Waals surface area (Å²) in [5.41, 5.74) is 8.97. The Labute approximate surface area is 102 Å². The minimum atomic E-state index is -0.102. The molecule has 1 aromatic carbocycles. The van der Waals surface area contributed by atoms with Crippen LogP contribution in [-0.4, -0.2) is 12.1 Å². The molecule has 4 heteroatoms. The van der Waals surface area contributed by atoms with Crippen LogP contribution in [0, 0.1) is 0 Å². The maximum absolute atomic E-state index is 11.6. The van der Waals surface area contributed by atoms with E-state index >= 15 is 0 Å². The average Bonchev–Trinajstić information content (AvgIpc) is 2.59. The highest BCUT2D eigenvalue weighted by molar-refractivity contribution is 5.75. The third kappa shape index (κ3) is 2.70. The minimum absolute atomic E-state index is 0.102. The molecule has 92 valence electrons. The van der Waals surface area contributed by atoms with Crippen molar-refractivity contribution in [3.63, 3.8) is 0 Å². The molecule has 1 unspecified atom stereocenters. The first-order chi connectivity index (χ1) is 8.06. The third-order valence-electron chi connectivity index (χ3n) is 2.97. The molecule has 0 spiro atoms. The lowest BCUT2D eigenvalue weighted by Gasteiger charge is -2.16. The fraction of sp³-hybridized carbons (Fsp3) is 0.462. The summed E-state index contributed by atoms with van der Waals surface area (Å²) in [7, 11) is 0. The van der Waals surface area contributed by atoms with Gasteiger partial charge >= 0.3 is 6.03 Å². The fourth-order valence-corrected chi connectivity index (χ4v) is 2.25. The highest BCUT2D eigenvalue weighted by Crippen LogP contribution is 2.32. The molecule has 17 heavy (non-hydrogen) atoms. The normalized spacial score (nSPS) is 17.9. The van der Waals surface area contributed by atoms with E-state index < -0.39 is 0 Å². The molecule has 2 amide bonds. The van der Waals surface area contributed by atoms with Gasteiger partial charge in [-0.15, -0.1) is 0 Å². The maximum atomic E-state index is 11.6. The number of aryl methyl sites for hydroxylation is 1. The Morgan fingerprint density at radius 3 is 2.94 bits per heavy atom. The molecule has 0 heterocycles. The molecule has 0 saturated heterocycles. The zero-order chi connectivity index (χ0) is 12.4. The summed E-state index contributed by atoms with van der Waals surface area (Å²) < 4.78 is 0. The van der Waals surface area contributed by atoms with Gasteiger partial charge in [0.1, 0.15) is 0 Å². The van der Waals surface area contributed by atoms with Crippen LogP contribution in [0.4, 0.5) is 10.5 Å². The van der Waals surface area contributed by atoms with Gasteiger partial charge in [-0.1, -0.05) is 6.07 Å². The van der Waals surface area contributed by atoms with Crippen LogP contribution in [0.1, 0.15) is 37.4 Å². The Morgan fingerprint density at radius 2 is 2.24 bits per heavy atom. The van der Waals surface area contributed by atoms with E-state index in [-0.39, 0.29) is 18.1 Å². The van der Waals surface area contributed by atoms with E-state index in [2.05, 4.69) is 10.6 Å². The highest BCUT2D eigenvalue weighted by Gasteiger charge is 2.23. The van der Waals surface area contributed by atoms with Gasteiger partial charge < -0.3 is 16.4 Å². The van der Waals surface area contributed by atoms with E-state index in [4.69, 9.17) is 5.73 Å². The number of urea groups is 1. The van der Waals surface area contributed by atoms with Crippen molar-refractivity contribution >= 4 is 11.7 Å². The molecule has 1 aliphatic carbocycles. The number of nitrogen functional groups attached to an aromatic ring is 1. The Bertz CT molecular complexity index is 429. The van der Waals surface area contributed by atoms with Crippen molar-refractivity contribution in [2.45, 2.75) is 38.8 Å². The predicted molar refractivity (Wildman–Crippen MR) is 68.7 cm³/mol. The summed E-state index contributed by atoms with van der Waals surface area (Å²) in [6.45, 7) is 3.89. The lowest BCUT2D eigenvalue weighted by atomic mass is 10.1. The maximum Gasteiger partial charge on any atom is 0.315 e. The van der Waals surface area contributed by atoms with E-state index in [9.17, 15) is 4.79 Å². The van der Waals surface area contributed by atoms with Crippen molar-refractivity contribution in [2.75, 3.05) is 5.73 Å². The van der Waals surface area contributed by atoms with Gasteiger partial charge in [-0.05, 0) is 49.9 Å². The first-order valence-corrected chi connectivity index (χ1v) is 6.01. The van der Waals surface area contributed by atoms with Crippen LogP contribution in [0.15, 0.2) is 18.2 Å². The molecular formula is C13H19N3O. The number of fused-ring (bicyclic) bond motifs is 1. The number of carbonyl (C=O) groups excluding carboxylic acids is 1. The van der Waals surface area contributed by atoms with E-state index in [1.54, 1.807) is 0 Å². The van der Waals surface area contributed by atoms with Crippen LogP contribution >= 0.6 is 0 Å². The molecule has 4 nitrogen and oxygen atoms in total. The molecule has 4 N–H and O–H groups in total. The van der Waals surface area contributed by atoms with Crippen LogP contribution in [0.25, 0.3) is 0 Å². The topological polar surface area (TPSA) is 67.2 Å². The van der Waals surface area contributed by atoms with Gasteiger partial charge in [-0.25, -0.2) is 4.79 Å². The Morgan fingerprint density at radius 1 is 1.47 bits per heavy atom. The Kier molecular flexibility index (Phi) is 3.22. The van der Waals surface area contributed by atoms with E-state index in [0.29, 0.717) is 0 Å². The molecule has 1 atom stereocenters. The van der Waals surface area contributed by atoms with Crippen LogP contribution in [0.2, 0.25) is 0 Å². The number of nitrogens with two attached hydrogens (primary N) is 1. The van der Waals surface area contributed by atoms with Gasteiger partial charge in [0.15, 0.2) is 0 Å². The number of hydrogen-bond acceptors (Lipinski definition) is 2. The molecule has 1 aromatic rings. The average molecular weight is 233 g/mol. The monoisotopic (exact) mass is 233 g/mol. The highest BCUT2D eigenvalue weighted by atomic mass is 16.2. The van der Waals surface area contributed by atoms with Crippen LogP contribution in [-0.2, 0) is 6.42 Å². The number of hydrogen-bond donors (Lipinski definition) is 3. The minimum Gasteiger partial charge on any atom is -0.399 e. The molecule has 0 fully saturated rings. The van der Waals surface area contributed by atoms with Crippen molar-refractivity contribution in [3.8, 4) is 0 Å².